The van der Waals surface area contributed by atoms with E-state index in [1.165, 1.54) is 11.3 Å². The van der Waals surface area contributed by atoms with Crippen LogP contribution >= 0.6 is 23.1 Å². The van der Waals surface area contributed by atoms with Gasteiger partial charge in [0.25, 0.3) is 0 Å². The molecule has 0 aliphatic heterocycles. The van der Waals surface area contributed by atoms with Crippen molar-refractivity contribution in [3.8, 4) is 0 Å². The Kier molecular flexibility index (Phi) is 8.13. The smallest absolute Gasteiger partial charge is 0.241 e. The molecule has 20 heavy (non-hydrogen) atoms. The minimum atomic E-state index is -3.38. The number of thiophene rings is 1. The molecule has 1 unspecified atom stereocenters. The highest BCUT2D eigenvalue weighted by atomic mass is 32.2. The summed E-state index contributed by atoms with van der Waals surface area (Å²) in [4.78, 5) is 1.43. The molecule has 1 aromatic heterocycles. The zero-order chi connectivity index (χ0) is 15.0. The van der Waals surface area contributed by atoms with Crippen molar-refractivity contribution in [1.82, 2.24) is 10.0 Å². The van der Waals surface area contributed by atoms with Crippen molar-refractivity contribution in [3.63, 3.8) is 0 Å². The van der Waals surface area contributed by atoms with E-state index in [-0.39, 0.29) is 6.04 Å². The molecule has 0 spiro atoms. The fraction of sp³-hybridized carbons (Fsp3) is 0.692. The Morgan fingerprint density at radius 2 is 2.15 bits per heavy atom. The lowest BCUT2D eigenvalue weighted by molar-refractivity contribution is 0.571. The third-order valence-electron chi connectivity index (χ3n) is 2.59. The van der Waals surface area contributed by atoms with Crippen LogP contribution in [0.4, 0.5) is 0 Å². The quantitative estimate of drug-likeness (QED) is 0.645. The molecule has 0 saturated heterocycles. The van der Waals surface area contributed by atoms with E-state index in [4.69, 9.17) is 0 Å². The molecule has 1 atom stereocenters. The summed E-state index contributed by atoms with van der Waals surface area (Å²) in [7, 11) is -3.38. The van der Waals surface area contributed by atoms with Gasteiger partial charge in [0.15, 0.2) is 0 Å². The van der Waals surface area contributed by atoms with Crippen LogP contribution in [0.5, 0.6) is 0 Å². The molecule has 0 amide bonds. The Balaban J connectivity index is 2.59. The van der Waals surface area contributed by atoms with Crippen molar-refractivity contribution < 1.29 is 8.42 Å². The van der Waals surface area contributed by atoms with E-state index in [0.29, 0.717) is 4.90 Å². The summed E-state index contributed by atoms with van der Waals surface area (Å²) in [5.74, 6) is 1.79. The van der Waals surface area contributed by atoms with Crippen LogP contribution in [0.25, 0.3) is 0 Å². The molecule has 0 bridgehead atoms. The van der Waals surface area contributed by atoms with E-state index in [2.05, 4.69) is 23.9 Å². The van der Waals surface area contributed by atoms with Crippen LogP contribution in [-0.2, 0) is 16.6 Å². The lowest BCUT2D eigenvalue weighted by Crippen LogP contribution is -2.34. The molecular formula is C13H24N2O2S3. The first-order valence-electron chi connectivity index (χ1n) is 6.87. The Labute approximate surface area is 130 Å². The normalized spacial score (nSPS) is 13.6. The highest BCUT2D eigenvalue weighted by molar-refractivity contribution is 7.99. The van der Waals surface area contributed by atoms with Crippen molar-refractivity contribution >= 4 is 33.1 Å². The molecule has 0 fully saturated rings. The van der Waals surface area contributed by atoms with Crippen LogP contribution in [0.2, 0.25) is 0 Å². The van der Waals surface area contributed by atoms with Crippen molar-refractivity contribution in [1.29, 1.82) is 0 Å². The number of rotatable bonds is 10. The lowest BCUT2D eigenvalue weighted by Gasteiger charge is -2.12. The van der Waals surface area contributed by atoms with Crippen LogP contribution in [0.1, 0.15) is 32.1 Å². The van der Waals surface area contributed by atoms with E-state index < -0.39 is 10.0 Å². The molecule has 2 N–H and O–H groups in total. The predicted molar refractivity (Wildman–Crippen MR) is 89.1 cm³/mol. The van der Waals surface area contributed by atoms with Crippen molar-refractivity contribution in [3.05, 3.63) is 16.3 Å². The first kappa shape index (κ1) is 18.0. The third-order valence-corrected chi connectivity index (χ3v) is 6.39. The molecule has 1 heterocycles. The molecule has 7 heteroatoms. The Morgan fingerprint density at radius 3 is 2.80 bits per heavy atom. The second-order valence-corrected chi connectivity index (χ2v) is 8.64. The molecule has 116 valence electrons. The van der Waals surface area contributed by atoms with Gasteiger partial charge in [-0.2, -0.15) is 11.8 Å². The van der Waals surface area contributed by atoms with E-state index in [0.717, 1.165) is 35.9 Å². The van der Waals surface area contributed by atoms with Gasteiger partial charge in [-0.15, -0.1) is 11.3 Å². The van der Waals surface area contributed by atoms with E-state index >= 15 is 0 Å². The highest BCUT2D eigenvalue weighted by Gasteiger charge is 2.18. The number of hydrogen-bond acceptors (Lipinski definition) is 5. The summed E-state index contributed by atoms with van der Waals surface area (Å²) < 4.78 is 27.2. The number of hydrogen-bond donors (Lipinski definition) is 2. The fourth-order valence-corrected chi connectivity index (χ4v) is 4.91. The number of thioether (sulfide) groups is 1. The topological polar surface area (TPSA) is 58.2 Å². The molecule has 1 rings (SSSR count). The van der Waals surface area contributed by atoms with Crippen molar-refractivity contribution in [2.45, 2.75) is 44.7 Å². The zero-order valence-electron chi connectivity index (χ0n) is 12.3. The summed E-state index contributed by atoms with van der Waals surface area (Å²) in [5.41, 5.74) is 0. The van der Waals surface area contributed by atoms with Crippen molar-refractivity contribution in [2.24, 2.45) is 0 Å². The standard InChI is InChI=1S/C13H24N2O2S3/c1-4-6-14-8-12-7-13(10-19-12)20(16,17)15-11(3)9-18-5-2/h7,10-11,14-15H,4-6,8-9H2,1-3H3. The second kappa shape index (κ2) is 9.04. The highest BCUT2D eigenvalue weighted by Crippen LogP contribution is 2.19. The number of sulfonamides is 1. The third kappa shape index (κ3) is 6.13. The van der Waals surface area contributed by atoms with Gasteiger partial charge in [0.05, 0.1) is 4.90 Å². The van der Waals surface area contributed by atoms with Gasteiger partial charge < -0.3 is 5.32 Å². The van der Waals surface area contributed by atoms with Gasteiger partial charge in [-0.25, -0.2) is 13.1 Å². The summed E-state index contributed by atoms with van der Waals surface area (Å²) in [6.45, 7) is 7.76. The maximum atomic E-state index is 12.2. The van der Waals surface area contributed by atoms with Gasteiger partial charge in [-0.3, -0.25) is 0 Å². The van der Waals surface area contributed by atoms with Gasteiger partial charge in [-0.05, 0) is 31.7 Å². The molecule has 1 aromatic rings. The Morgan fingerprint density at radius 1 is 1.40 bits per heavy atom. The average Bonchev–Trinajstić information content (AvgIpc) is 2.86. The maximum Gasteiger partial charge on any atom is 0.241 e. The average molecular weight is 337 g/mol. The molecule has 0 aromatic carbocycles. The Bertz CT molecular complexity index is 486. The molecule has 4 nitrogen and oxygen atoms in total. The number of nitrogens with one attached hydrogen (secondary N) is 2. The fourth-order valence-electron chi connectivity index (χ4n) is 1.64. The maximum absolute atomic E-state index is 12.2. The summed E-state index contributed by atoms with van der Waals surface area (Å²) in [6, 6.07) is 1.71. The minimum Gasteiger partial charge on any atom is -0.312 e. The molecule has 0 saturated carbocycles. The zero-order valence-corrected chi connectivity index (χ0v) is 14.8. The van der Waals surface area contributed by atoms with E-state index in [1.807, 2.05) is 6.92 Å². The van der Waals surface area contributed by atoms with Crippen LogP contribution < -0.4 is 10.0 Å². The van der Waals surface area contributed by atoms with Crippen LogP contribution in [0, 0.1) is 0 Å². The summed E-state index contributed by atoms with van der Waals surface area (Å²) in [5, 5.41) is 4.99. The van der Waals surface area contributed by atoms with Crippen LogP contribution in [0.3, 0.4) is 0 Å². The van der Waals surface area contributed by atoms with Crippen molar-refractivity contribution in [2.75, 3.05) is 18.1 Å². The van der Waals surface area contributed by atoms with Gasteiger partial charge >= 0.3 is 0 Å². The predicted octanol–water partition coefficient (Wildman–Crippen LogP) is 2.67. The first-order chi connectivity index (χ1) is 9.49. The van der Waals surface area contributed by atoms with Crippen LogP contribution in [0.15, 0.2) is 16.3 Å². The van der Waals surface area contributed by atoms with Gasteiger partial charge in [0, 0.05) is 28.6 Å². The Hall–Kier alpha value is -0.0800. The van der Waals surface area contributed by atoms with E-state index in [9.17, 15) is 8.42 Å². The summed E-state index contributed by atoms with van der Waals surface area (Å²) in [6.07, 6.45) is 1.07. The van der Waals surface area contributed by atoms with E-state index in [1.54, 1.807) is 23.2 Å². The molecule has 0 radical (unpaired) electrons. The second-order valence-electron chi connectivity index (χ2n) is 4.61. The largest absolute Gasteiger partial charge is 0.312 e. The molecule has 0 aliphatic rings. The monoisotopic (exact) mass is 336 g/mol. The molecular weight excluding hydrogens is 312 g/mol. The lowest BCUT2D eigenvalue weighted by atomic mass is 10.4. The minimum absolute atomic E-state index is 0.0495. The van der Waals surface area contributed by atoms with Crippen LogP contribution in [-0.4, -0.2) is 32.5 Å². The van der Waals surface area contributed by atoms with Gasteiger partial charge in [0.1, 0.15) is 0 Å². The van der Waals surface area contributed by atoms with Gasteiger partial charge in [0.2, 0.25) is 10.0 Å². The molecule has 0 aliphatic carbocycles. The van der Waals surface area contributed by atoms with Gasteiger partial charge in [-0.1, -0.05) is 13.8 Å². The summed E-state index contributed by atoms with van der Waals surface area (Å²) >= 11 is 3.22. The SMILES string of the molecule is CCCNCc1cc(S(=O)(=O)NC(C)CSCC)cs1. The first-order valence-corrected chi connectivity index (χ1v) is 10.4.